The first-order chi connectivity index (χ1) is 9.68. The summed E-state index contributed by atoms with van der Waals surface area (Å²) in [7, 11) is 0. The third-order valence-corrected chi connectivity index (χ3v) is 1.97. The van der Waals surface area contributed by atoms with E-state index in [4.69, 9.17) is 5.11 Å². The van der Waals surface area contributed by atoms with Crippen molar-refractivity contribution in [2.24, 2.45) is 0 Å². The molecule has 0 fully saturated rings. The molecular weight excluding hydrogens is 306 g/mol. The van der Waals surface area contributed by atoms with Crippen molar-refractivity contribution in [3.63, 3.8) is 0 Å². The van der Waals surface area contributed by atoms with Crippen LogP contribution in [0.1, 0.15) is 0 Å². The summed E-state index contributed by atoms with van der Waals surface area (Å²) in [6.07, 6.45) is -9.26. The van der Waals surface area contributed by atoms with Crippen LogP contribution in [0, 0.1) is 30.3 Å². The Morgan fingerprint density at radius 2 is 1.52 bits per heavy atom. The highest BCUT2D eigenvalue weighted by atomic mass is 17.0. The van der Waals surface area contributed by atoms with Gasteiger partial charge < -0.3 is 29.5 Å². The Kier molecular flexibility index (Phi) is 7.26. The number of aliphatic hydroxyl groups is 2. The van der Waals surface area contributed by atoms with E-state index in [0.29, 0.717) is 0 Å². The molecule has 0 rings (SSSR count). The van der Waals surface area contributed by atoms with Gasteiger partial charge in [-0.05, 0) is 0 Å². The van der Waals surface area contributed by atoms with Gasteiger partial charge in [0.15, 0.2) is 18.5 Å². The maximum atomic E-state index is 10.3. The molecule has 0 heterocycles. The van der Waals surface area contributed by atoms with E-state index in [1.165, 1.54) is 0 Å². The average molecular weight is 315 g/mol. The van der Waals surface area contributed by atoms with Crippen LogP contribution in [0.4, 0.5) is 0 Å². The minimum absolute atomic E-state index is 0.238. The zero-order valence-electron chi connectivity index (χ0n) is 9.91. The molecule has 0 amide bonds. The van der Waals surface area contributed by atoms with Crippen molar-refractivity contribution in [3.8, 4) is 0 Å². The number of carbonyl (C=O) groups excluding carboxylic acids is 1. The fraction of sp³-hybridized carbons (Fsp3) is 0.833. The van der Waals surface area contributed by atoms with Crippen LogP contribution in [0.5, 0.6) is 0 Å². The number of hydrogen-bond donors (Lipinski definition) is 2. The van der Waals surface area contributed by atoms with Crippen LogP contribution in [0.2, 0.25) is 0 Å². The van der Waals surface area contributed by atoms with Crippen molar-refractivity contribution >= 4 is 6.29 Å². The van der Waals surface area contributed by atoms with E-state index in [9.17, 15) is 40.2 Å². The maximum absolute atomic E-state index is 10.3. The summed E-state index contributed by atoms with van der Waals surface area (Å²) in [6.45, 7) is -1.24. The van der Waals surface area contributed by atoms with Crippen molar-refractivity contribution in [1.82, 2.24) is 0 Å². The van der Waals surface area contributed by atoms with Gasteiger partial charge in [0.25, 0.3) is 15.3 Å². The Hall–Kier alpha value is -2.81. The molecule has 15 nitrogen and oxygen atoms in total. The van der Waals surface area contributed by atoms with E-state index in [2.05, 4.69) is 14.5 Å². The van der Waals surface area contributed by atoms with E-state index in [0.717, 1.165) is 0 Å². The topological polar surface area (TPSA) is 215 Å². The van der Waals surface area contributed by atoms with Gasteiger partial charge in [0, 0.05) is 0 Å². The predicted octanol–water partition coefficient (Wildman–Crippen LogP) is -2.73. The van der Waals surface area contributed by atoms with Gasteiger partial charge in [-0.2, -0.15) is 0 Å². The zero-order chi connectivity index (χ0) is 16.6. The standard InChI is InChI=1S/C6H9N3O12/c10-1-3(11)5(12)6(21-9(17)18)4(20-8(15)16)2-19-7(13)14/h1,3-6,11-12H,2H2/t3-,4+,5+,6+/m0/s1. The Bertz CT molecular complexity index is 400. The third kappa shape index (κ3) is 6.78. The first kappa shape index (κ1) is 18.2. The van der Waals surface area contributed by atoms with Crippen LogP contribution in [0.15, 0.2) is 0 Å². The molecule has 2 N–H and O–H groups in total. The summed E-state index contributed by atoms with van der Waals surface area (Å²) in [6, 6.07) is 0. The lowest BCUT2D eigenvalue weighted by Crippen LogP contribution is -2.51. The molecule has 21 heavy (non-hydrogen) atoms. The van der Waals surface area contributed by atoms with Crippen LogP contribution < -0.4 is 0 Å². The molecular formula is C6H9N3O12. The summed E-state index contributed by atoms with van der Waals surface area (Å²) >= 11 is 0. The fourth-order valence-electron chi connectivity index (χ4n) is 1.15. The van der Waals surface area contributed by atoms with Gasteiger partial charge in [-0.15, -0.1) is 30.3 Å². The third-order valence-electron chi connectivity index (χ3n) is 1.97. The molecule has 0 saturated carbocycles. The quantitative estimate of drug-likeness (QED) is 0.225. The summed E-state index contributed by atoms with van der Waals surface area (Å²) in [5.74, 6) is 0. The summed E-state index contributed by atoms with van der Waals surface area (Å²) < 4.78 is 0. The molecule has 0 unspecified atom stereocenters. The first-order valence-corrected chi connectivity index (χ1v) is 4.90. The molecule has 0 aliphatic carbocycles. The highest BCUT2D eigenvalue weighted by Crippen LogP contribution is 2.13. The number of carbonyl (C=O) groups is 1. The zero-order valence-corrected chi connectivity index (χ0v) is 9.91. The molecule has 0 saturated heterocycles. The van der Waals surface area contributed by atoms with Crippen molar-refractivity contribution in [1.29, 1.82) is 0 Å². The lowest BCUT2D eigenvalue weighted by Gasteiger charge is -2.27. The minimum Gasteiger partial charge on any atom is -0.388 e. The van der Waals surface area contributed by atoms with Gasteiger partial charge >= 0.3 is 0 Å². The molecule has 0 spiro atoms. The van der Waals surface area contributed by atoms with E-state index >= 15 is 0 Å². The molecule has 0 aliphatic heterocycles. The smallest absolute Gasteiger partial charge is 0.294 e. The van der Waals surface area contributed by atoms with Gasteiger partial charge in [-0.3, -0.25) is 0 Å². The maximum Gasteiger partial charge on any atom is 0.294 e. The molecule has 0 radical (unpaired) electrons. The second-order valence-corrected chi connectivity index (χ2v) is 3.30. The van der Waals surface area contributed by atoms with Gasteiger partial charge in [0.05, 0.1) is 0 Å². The van der Waals surface area contributed by atoms with Gasteiger partial charge in [0.2, 0.25) is 0 Å². The monoisotopic (exact) mass is 315 g/mol. The fourth-order valence-corrected chi connectivity index (χ4v) is 1.15. The van der Waals surface area contributed by atoms with Crippen molar-refractivity contribution in [3.05, 3.63) is 30.3 Å². The van der Waals surface area contributed by atoms with Gasteiger partial charge in [-0.1, -0.05) is 0 Å². The normalized spacial score (nSPS) is 15.9. The van der Waals surface area contributed by atoms with Gasteiger partial charge in [-0.25, -0.2) is 0 Å². The van der Waals surface area contributed by atoms with Crippen molar-refractivity contribution in [2.45, 2.75) is 24.4 Å². The van der Waals surface area contributed by atoms with Crippen LogP contribution in [0.25, 0.3) is 0 Å². The molecule has 0 bridgehead atoms. The number of nitrogens with zero attached hydrogens (tertiary/aromatic N) is 3. The summed E-state index contributed by atoms with van der Waals surface area (Å²) in [5.41, 5.74) is 0. The predicted molar refractivity (Wildman–Crippen MR) is 54.8 cm³/mol. The summed E-state index contributed by atoms with van der Waals surface area (Å²) in [4.78, 5) is 52.2. The molecule has 0 aromatic rings. The number of aliphatic hydroxyl groups excluding tert-OH is 2. The Morgan fingerprint density at radius 1 is 1.00 bits per heavy atom. The molecule has 0 aromatic carbocycles. The van der Waals surface area contributed by atoms with Crippen molar-refractivity contribution < 1.29 is 44.8 Å². The highest BCUT2D eigenvalue weighted by Gasteiger charge is 2.39. The number of aldehydes is 1. The van der Waals surface area contributed by atoms with E-state index in [1.807, 2.05) is 0 Å². The van der Waals surface area contributed by atoms with Crippen molar-refractivity contribution in [2.75, 3.05) is 6.61 Å². The van der Waals surface area contributed by atoms with Crippen LogP contribution in [-0.2, 0) is 19.3 Å². The Balaban J connectivity index is 5.21. The van der Waals surface area contributed by atoms with Crippen LogP contribution >= 0.6 is 0 Å². The Morgan fingerprint density at radius 3 is 1.90 bits per heavy atom. The molecule has 4 atom stereocenters. The molecule has 0 aromatic heterocycles. The average Bonchev–Trinajstić information content (AvgIpc) is 2.38. The van der Waals surface area contributed by atoms with Gasteiger partial charge in [0.1, 0.15) is 18.8 Å². The highest BCUT2D eigenvalue weighted by molar-refractivity contribution is 5.56. The van der Waals surface area contributed by atoms with Crippen LogP contribution in [-0.4, -0.2) is 62.8 Å². The second kappa shape index (κ2) is 8.38. The minimum atomic E-state index is -2.34. The molecule has 0 aliphatic rings. The number of hydrogen-bond acceptors (Lipinski definition) is 12. The lowest BCUT2D eigenvalue weighted by molar-refractivity contribution is -0.811. The molecule has 120 valence electrons. The lowest BCUT2D eigenvalue weighted by atomic mass is 10.0. The Labute approximate surface area is 113 Å². The SMILES string of the molecule is O=C[C@H](O)[C@@H](O)[C@H](O[N+](=O)[O-])[C@@H](CO[N+](=O)[O-])O[N+](=O)[O-]. The number of rotatable bonds is 11. The van der Waals surface area contributed by atoms with Crippen LogP contribution in [0.3, 0.4) is 0 Å². The first-order valence-electron chi connectivity index (χ1n) is 4.90. The second-order valence-electron chi connectivity index (χ2n) is 3.30. The molecule has 15 heteroatoms. The van der Waals surface area contributed by atoms with E-state index in [-0.39, 0.29) is 6.29 Å². The van der Waals surface area contributed by atoms with E-state index < -0.39 is 46.3 Å². The largest absolute Gasteiger partial charge is 0.388 e. The summed E-state index contributed by atoms with van der Waals surface area (Å²) in [5, 5.41) is 44.6. The van der Waals surface area contributed by atoms with E-state index in [1.54, 1.807) is 0 Å².